The van der Waals surface area contributed by atoms with Gasteiger partial charge in [-0.2, -0.15) is 0 Å². The highest BCUT2D eigenvalue weighted by Crippen LogP contribution is 2.25. The van der Waals surface area contributed by atoms with Crippen LogP contribution in [0.2, 0.25) is 0 Å². The van der Waals surface area contributed by atoms with Crippen molar-refractivity contribution in [3.05, 3.63) is 60.7 Å². The van der Waals surface area contributed by atoms with E-state index < -0.39 is 0 Å². The van der Waals surface area contributed by atoms with Gasteiger partial charge in [0.15, 0.2) is 0 Å². The number of rotatable bonds is 16. The predicted molar refractivity (Wildman–Crippen MR) is 131 cm³/mol. The van der Waals surface area contributed by atoms with Gasteiger partial charge in [-0.15, -0.1) is 0 Å². The third-order valence-corrected chi connectivity index (χ3v) is 5.20. The highest BCUT2D eigenvalue weighted by Gasteiger charge is 2.03. The average molecular weight is 439 g/mol. The van der Waals surface area contributed by atoms with Crippen LogP contribution in [0.25, 0.3) is 11.1 Å². The lowest BCUT2D eigenvalue weighted by Crippen LogP contribution is -2.06. The van der Waals surface area contributed by atoms with Gasteiger partial charge in [0.1, 0.15) is 11.5 Å². The molecule has 0 aliphatic heterocycles. The number of unbranched alkanes of at least 4 members (excludes halogenated alkanes) is 6. The number of benzene rings is 2. The summed E-state index contributed by atoms with van der Waals surface area (Å²) in [5.74, 6) is 1.51. The number of hydrogen-bond donors (Lipinski definition) is 0. The molecule has 2 rings (SSSR count). The molecule has 4 nitrogen and oxygen atoms in total. The largest absolute Gasteiger partial charge is 0.494 e. The van der Waals surface area contributed by atoms with Crippen molar-refractivity contribution in [3.8, 4) is 22.6 Å². The Hall–Kier alpha value is -2.75. The van der Waals surface area contributed by atoms with Crippen LogP contribution >= 0.6 is 0 Å². The molecule has 0 bridgehead atoms. The molecule has 0 atom stereocenters. The van der Waals surface area contributed by atoms with Crippen molar-refractivity contribution in [1.82, 2.24) is 0 Å². The van der Waals surface area contributed by atoms with Crippen molar-refractivity contribution < 1.29 is 19.0 Å². The Bertz CT molecular complexity index is 793. The fourth-order valence-electron chi connectivity index (χ4n) is 3.24. The summed E-state index contributed by atoms with van der Waals surface area (Å²) in [6, 6.07) is 16.5. The lowest BCUT2D eigenvalue weighted by molar-refractivity contribution is -0.139. The van der Waals surface area contributed by atoms with Crippen molar-refractivity contribution in [2.24, 2.45) is 0 Å². The van der Waals surface area contributed by atoms with Crippen LogP contribution < -0.4 is 9.47 Å². The quantitative estimate of drug-likeness (QED) is 0.156. The first kappa shape index (κ1) is 25.5. The molecule has 174 valence electrons. The lowest BCUT2D eigenvalue weighted by Gasteiger charge is -2.09. The van der Waals surface area contributed by atoms with Gasteiger partial charge in [-0.3, -0.25) is 0 Å². The highest BCUT2D eigenvalue weighted by atomic mass is 16.5. The molecular formula is C28H38O4. The van der Waals surface area contributed by atoms with E-state index in [4.69, 9.17) is 14.2 Å². The zero-order chi connectivity index (χ0) is 23.0. The van der Waals surface area contributed by atoms with E-state index in [0.717, 1.165) is 55.8 Å². The van der Waals surface area contributed by atoms with Crippen LogP contribution in [0, 0.1) is 0 Å². The van der Waals surface area contributed by atoms with E-state index in [0.29, 0.717) is 18.8 Å². The Morgan fingerprint density at radius 1 is 0.688 bits per heavy atom. The summed E-state index contributed by atoms with van der Waals surface area (Å²) >= 11 is 0. The van der Waals surface area contributed by atoms with Crippen molar-refractivity contribution in [1.29, 1.82) is 0 Å². The third kappa shape index (κ3) is 10.0. The van der Waals surface area contributed by atoms with Crippen LogP contribution in [0.1, 0.15) is 65.2 Å². The summed E-state index contributed by atoms with van der Waals surface area (Å²) in [5, 5.41) is 0. The molecular weight excluding hydrogens is 400 g/mol. The lowest BCUT2D eigenvalue weighted by atomic mass is 10.1. The number of ether oxygens (including phenoxy) is 3. The number of carbonyl (C=O) groups excluding carboxylic acids is 1. The third-order valence-electron chi connectivity index (χ3n) is 5.20. The van der Waals surface area contributed by atoms with Crippen molar-refractivity contribution in [2.45, 2.75) is 65.2 Å². The Morgan fingerprint density at radius 3 is 1.56 bits per heavy atom. The summed E-state index contributed by atoms with van der Waals surface area (Å²) in [4.78, 5) is 11.3. The molecule has 0 spiro atoms. The van der Waals surface area contributed by atoms with Crippen molar-refractivity contribution >= 4 is 5.97 Å². The van der Waals surface area contributed by atoms with E-state index in [1.165, 1.54) is 24.8 Å². The topological polar surface area (TPSA) is 44.8 Å². The molecule has 0 unspecified atom stereocenters. The van der Waals surface area contributed by atoms with Gasteiger partial charge in [-0.1, -0.05) is 57.0 Å². The monoisotopic (exact) mass is 438 g/mol. The molecule has 0 amide bonds. The molecule has 0 N–H and O–H groups in total. The van der Waals surface area contributed by atoms with Gasteiger partial charge < -0.3 is 14.2 Å². The van der Waals surface area contributed by atoms with Crippen LogP contribution in [-0.4, -0.2) is 25.8 Å². The SMILES string of the molecule is C=C(C)C(=O)OCCCCCCOc1ccc(-c2ccc(OCCCCCC)cc2)cc1. The van der Waals surface area contributed by atoms with Gasteiger partial charge in [0, 0.05) is 5.57 Å². The second-order valence-electron chi connectivity index (χ2n) is 8.14. The fourth-order valence-corrected chi connectivity index (χ4v) is 3.24. The molecule has 0 heterocycles. The maximum absolute atomic E-state index is 11.3. The summed E-state index contributed by atoms with van der Waals surface area (Å²) < 4.78 is 16.8. The van der Waals surface area contributed by atoms with Gasteiger partial charge in [0.2, 0.25) is 0 Å². The fraction of sp³-hybridized carbons (Fsp3) is 0.464. The summed E-state index contributed by atoms with van der Waals surface area (Å²) in [5.41, 5.74) is 2.78. The number of carbonyl (C=O) groups is 1. The molecule has 0 radical (unpaired) electrons. The molecule has 0 fully saturated rings. The Labute approximate surface area is 193 Å². The Morgan fingerprint density at radius 2 is 1.12 bits per heavy atom. The minimum atomic E-state index is -0.307. The first-order valence-corrected chi connectivity index (χ1v) is 11.9. The predicted octanol–water partition coefficient (Wildman–Crippen LogP) is 7.37. The van der Waals surface area contributed by atoms with Gasteiger partial charge in [0.05, 0.1) is 19.8 Å². The highest BCUT2D eigenvalue weighted by molar-refractivity contribution is 5.86. The van der Waals surface area contributed by atoms with Crippen LogP contribution in [0.15, 0.2) is 60.7 Å². The maximum atomic E-state index is 11.3. The molecule has 0 aromatic heterocycles. The van der Waals surface area contributed by atoms with Crippen LogP contribution in [0.3, 0.4) is 0 Å². The van der Waals surface area contributed by atoms with Crippen LogP contribution in [-0.2, 0) is 9.53 Å². The smallest absolute Gasteiger partial charge is 0.333 e. The first-order valence-electron chi connectivity index (χ1n) is 11.9. The van der Waals surface area contributed by atoms with E-state index in [9.17, 15) is 4.79 Å². The summed E-state index contributed by atoms with van der Waals surface area (Å²) in [7, 11) is 0. The van der Waals surface area contributed by atoms with E-state index in [-0.39, 0.29) is 5.97 Å². The summed E-state index contributed by atoms with van der Waals surface area (Å²) in [6.45, 7) is 9.38. The van der Waals surface area contributed by atoms with Crippen LogP contribution in [0.4, 0.5) is 0 Å². The van der Waals surface area contributed by atoms with Gasteiger partial charge in [-0.25, -0.2) is 4.79 Å². The van der Waals surface area contributed by atoms with Gasteiger partial charge in [0.25, 0.3) is 0 Å². The second-order valence-corrected chi connectivity index (χ2v) is 8.14. The zero-order valence-corrected chi connectivity index (χ0v) is 19.7. The minimum absolute atomic E-state index is 0.307. The molecule has 0 aliphatic carbocycles. The van der Waals surface area contributed by atoms with Gasteiger partial charge >= 0.3 is 5.97 Å². The Kier molecular flexibility index (Phi) is 12.1. The zero-order valence-electron chi connectivity index (χ0n) is 19.7. The Balaban J connectivity index is 1.62. The maximum Gasteiger partial charge on any atom is 0.333 e. The number of esters is 1. The number of hydrogen-bond acceptors (Lipinski definition) is 4. The minimum Gasteiger partial charge on any atom is -0.494 e. The molecule has 2 aromatic carbocycles. The van der Waals surface area contributed by atoms with E-state index >= 15 is 0 Å². The molecule has 0 saturated heterocycles. The molecule has 0 aliphatic rings. The normalized spacial score (nSPS) is 10.6. The molecule has 2 aromatic rings. The molecule has 32 heavy (non-hydrogen) atoms. The van der Waals surface area contributed by atoms with Crippen molar-refractivity contribution in [3.63, 3.8) is 0 Å². The van der Waals surface area contributed by atoms with E-state index in [1.54, 1.807) is 6.92 Å². The second kappa shape index (κ2) is 15.1. The van der Waals surface area contributed by atoms with E-state index in [2.05, 4.69) is 37.8 Å². The van der Waals surface area contributed by atoms with Gasteiger partial charge in [-0.05, 0) is 74.4 Å². The van der Waals surface area contributed by atoms with Crippen molar-refractivity contribution in [2.75, 3.05) is 19.8 Å². The van der Waals surface area contributed by atoms with Crippen LogP contribution in [0.5, 0.6) is 11.5 Å². The average Bonchev–Trinajstić information content (AvgIpc) is 2.81. The molecule has 0 saturated carbocycles. The standard InChI is InChI=1S/C28H38O4/c1-4-5-6-9-20-30-26-16-12-24(13-17-26)25-14-18-27(19-15-25)31-21-10-7-8-11-22-32-28(29)23(2)3/h12-19H,2,4-11,20-22H2,1,3H3. The molecule has 4 heteroatoms. The first-order chi connectivity index (χ1) is 15.6. The van der Waals surface area contributed by atoms with E-state index in [1.807, 2.05) is 24.3 Å². The summed E-state index contributed by atoms with van der Waals surface area (Å²) in [6.07, 6.45) is 8.79.